The van der Waals surface area contributed by atoms with Crippen LogP contribution in [0.25, 0.3) is 21.6 Å². The van der Waals surface area contributed by atoms with Crippen LogP contribution in [-0.4, -0.2) is 18.4 Å². The molecule has 132 valence electrons. The van der Waals surface area contributed by atoms with Gasteiger partial charge in [-0.2, -0.15) is 5.26 Å². The van der Waals surface area contributed by atoms with Crippen LogP contribution in [0.5, 0.6) is 0 Å². The SMILES string of the molecule is N#Cc1cccc(-c2nc(N)c3cc(S(=O)(=O)c4ccccc4)sc3n2)c1. The van der Waals surface area contributed by atoms with Gasteiger partial charge in [0.15, 0.2) is 5.82 Å². The Morgan fingerprint density at radius 2 is 1.78 bits per heavy atom. The Morgan fingerprint density at radius 3 is 2.52 bits per heavy atom. The predicted molar refractivity (Wildman–Crippen MR) is 104 cm³/mol. The summed E-state index contributed by atoms with van der Waals surface area (Å²) in [5, 5.41) is 9.55. The maximum Gasteiger partial charge on any atom is 0.216 e. The quantitative estimate of drug-likeness (QED) is 0.570. The number of anilines is 1. The summed E-state index contributed by atoms with van der Waals surface area (Å²) in [6.45, 7) is 0. The van der Waals surface area contributed by atoms with Gasteiger partial charge in [0.2, 0.25) is 9.84 Å². The highest BCUT2D eigenvalue weighted by Gasteiger charge is 2.22. The molecule has 0 bridgehead atoms. The molecule has 0 fully saturated rings. The molecule has 2 heterocycles. The molecule has 0 saturated carbocycles. The van der Waals surface area contributed by atoms with E-state index in [0.29, 0.717) is 27.2 Å². The fourth-order valence-electron chi connectivity index (χ4n) is 2.63. The molecule has 2 N–H and O–H groups in total. The zero-order chi connectivity index (χ0) is 19.0. The monoisotopic (exact) mass is 392 g/mol. The van der Waals surface area contributed by atoms with Crippen LogP contribution in [0, 0.1) is 11.3 Å². The predicted octanol–water partition coefficient (Wildman–Crippen LogP) is 3.64. The van der Waals surface area contributed by atoms with Crippen molar-refractivity contribution < 1.29 is 8.42 Å². The third kappa shape index (κ3) is 3.03. The highest BCUT2D eigenvalue weighted by Crippen LogP contribution is 2.35. The average Bonchev–Trinajstić information content (AvgIpc) is 3.14. The van der Waals surface area contributed by atoms with Crippen molar-refractivity contribution in [3.63, 3.8) is 0 Å². The molecule has 0 spiro atoms. The summed E-state index contributed by atoms with van der Waals surface area (Å²) in [6, 6.07) is 18.6. The molecule has 0 aliphatic carbocycles. The number of fused-ring (bicyclic) bond motifs is 1. The molecule has 4 aromatic rings. The Balaban J connectivity index is 1.86. The standard InChI is InChI=1S/C19H12N4O2S2/c20-11-12-5-4-6-13(9-12)18-22-17(21)15-10-16(26-19(15)23-18)27(24,25)14-7-2-1-3-8-14/h1-10H,(H2,21,22,23). The lowest BCUT2D eigenvalue weighted by Gasteiger charge is -2.02. The lowest BCUT2D eigenvalue weighted by molar-refractivity contribution is 0.598. The van der Waals surface area contributed by atoms with Gasteiger partial charge in [0, 0.05) is 5.56 Å². The number of rotatable bonds is 3. The van der Waals surface area contributed by atoms with Crippen molar-refractivity contribution in [3.8, 4) is 17.5 Å². The second-order valence-corrected chi connectivity index (χ2v) is 8.93. The summed E-state index contributed by atoms with van der Waals surface area (Å²) < 4.78 is 25.8. The van der Waals surface area contributed by atoms with E-state index in [9.17, 15) is 8.42 Å². The smallest absolute Gasteiger partial charge is 0.216 e. The molecule has 0 atom stereocenters. The molecule has 0 saturated heterocycles. The average molecular weight is 392 g/mol. The summed E-state index contributed by atoms with van der Waals surface area (Å²) in [5.41, 5.74) is 7.18. The first-order valence-corrected chi connectivity index (χ1v) is 10.2. The maximum atomic E-state index is 12.8. The Morgan fingerprint density at radius 1 is 1.00 bits per heavy atom. The van der Waals surface area contributed by atoms with Gasteiger partial charge in [0.05, 0.1) is 21.9 Å². The number of nitriles is 1. The molecule has 6 nitrogen and oxygen atoms in total. The fourth-order valence-corrected chi connectivity index (χ4v) is 5.38. The van der Waals surface area contributed by atoms with E-state index in [1.807, 2.05) is 0 Å². The maximum absolute atomic E-state index is 12.8. The van der Waals surface area contributed by atoms with E-state index in [1.165, 1.54) is 6.07 Å². The van der Waals surface area contributed by atoms with Gasteiger partial charge in [-0.05, 0) is 30.3 Å². The topological polar surface area (TPSA) is 110 Å². The van der Waals surface area contributed by atoms with Gasteiger partial charge in [-0.15, -0.1) is 11.3 Å². The fraction of sp³-hybridized carbons (Fsp3) is 0. The molecule has 0 unspecified atom stereocenters. The van der Waals surface area contributed by atoms with Gasteiger partial charge in [-0.1, -0.05) is 30.3 Å². The van der Waals surface area contributed by atoms with Crippen molar-refractivity contribution in [2.24, 2.45) is 0 Å². The minimum Gasteiger partial charge on any atom is -0.383 e. The van der Waals surface area contributed by atoms with Crippen LogP contribution in [0.4, 0.5) is 5.82 Å². The number of hydrogen-bond acceptors (Lipinski definition) is 7. The van der Waals surface area contributed by atoms with Gasteiger partial charge < -0.3 is 5.73 Å². The molecule has 2 aromatic heterocycles. The summed E-state index contributed by atoms with van der Waals surface area (Å²) in [4.78, 5) is 9.44. The second kappa shape index (κ2) is 6.46. The Labute approximate surface area is 159 Å². The second-order valence-electron chi connectivity index (χ2n) is 5.73. The third-order valence-electron chi connectivity index (χ3n) is 3.97. The first-order chi connectivity index (χ1) is 13.0. The number of hydrogen-bond donors (Lipinski definition) is 1. The van der Waals surface area contributed by atoms with Gasteiger partial charge in [0.25, 0.3) is 0 Å². The van der Waals surface area contributed by atoms with E-state index in [-0.39, 0.29) is 14.9 Å². The summed E-state index contributed by atoms with van der Waals surface area (Å²) in [7, 11) is -3.65. The van der Waals surface area contributed by atoms with E-state index in [0.717, 1.165) is 11.3 Å². The van der Waals surface area contributed by atoms with Crippen LogP contribution in [0.3, 0.4) is 0 Å². The van der Waals surface area contributed by atoms with Gasteiger partial charge in [-0.3, -0.25) is 0 Å². The molecule has 0 radical (unpaired) electrons. The lowest BCUT2D eigenvalue weighted by Crippen LogP contribution is -1.98. The minimum absolute atomic E-state index is 0.160. The number of thiophene rings is 1. The number of nitrogens with zero attached hydrogens (tertiary/aromatic N) is 3. The highest BCUT2D eigenvalue weighted by atomic mass is 32.2. The van der Waals surface area contributed by atoms with Crippen molar-refractivity contribution in [1.82, 2.24) is 9.97 Å². The normalized spacial score (nSPS) is 11.4. The molecule has 8 heteroatoms. The van der Waals surface area contributed by atoms with Crippen LogP contribution in [0.1, 0.15) is 5.56 Å². The van der Waals surface area contributed by atoms with E-state index in [4.69, 9.17) is 11.0 Å². The molecule has 4 rings (SSSR count). The molecule has 0 aliphatic rings. The Hall–Kier alpha value is -3.28. The molecule has 27 heavy (non-hydrogen) atoms. The van der Waals surface area contributed by atoms with Crippen molar-refractivity contribution in [2.45, 2.75) is 9.10 Å². The van der Waals surface area contributed by atoms with E-state index < -0.39 is 9.84 Å². The highest BCUT2D eigenvalue weighted by molar-refractivity contribution is 7.93. The zero-order valence-electron chi connectivity index (χ0n) is 13.8. The van der Waals surface area contributed by atoms with Crippen molar-refractivity contribution >= 4 is 37.2 Å². The molecular weight excluding hydrogens is 380 g/mol. The Bertz CT molecular complexity index is 1310. The van der Waals surface area contributed by atoms with Crippen molar-refractivity contribution in [2.75, 3.05) is 5.73 Å². The van der Waals surface area contributed by atoms with E-state index >= 15 is 0 Å². The van der Waals surface area contributed by atoms with E-state index in [2.05, 4.69) is 16.0 Å². The zero-order valence-corrected chi connectivity index (χ0v) is 15.5. The lowest BCUT2D eigenvalue weighted by atomic mass is 10.1. The summed E-state index contributed by atoms with van der Waals surface area (Å²) >= 11 is 1.05. The molecule has 0 aliphatic heterocycles. The number of benzene rings is 2. The summed E-state index contributed by atoms with van der Waals surface area (Å²) in [5.74, 6) is 0.547. The largest absolute Gasteiger partial charge is 0.383 e. The van der Waals surface area contributed by atoms with Crippen LogP contribution < -0.4 is 5.73 Å². The van der Waals surface area contributed by atoms with Crippen LogP contribution in [0.2, 0.25) is 0 Å². The van der Waals surface area contributed by atoms with Gasteiger partial charge >= 0.3 is 0 Å². The third-order valence-corrected chi connectivity index (χ3v) is 7.24. The van der Waals surface area contributed by atoms with E-state index in [1.54, 1.807) is 54.6 Å². The molecule has 0 amide bonds. The first-order valence-electron chi connectivity index (χ1n) is 7.87. The van der Waals surface area contributed by atoms with Gasteiger partial charge in [-0.25, -0.2) is 18.4 Å². The van der Waals surface area contributed by atoms with Crippen LogP contribution in [0.15, 0.2) is 69.8 Å². The molecule has 2 aromatic carbocycles. The summed E-state index contributed by atoms with van der Waals surface area (Å²) in [6.07, 6.45) is 0. The van der Waals surface area contributed by atoms with Crippen molar-refractivity contribution in [3.05, 3.63) is 66.2 Å². The van der Waals surface area contributed by atoms with Gasteiger partial charge in [0.1, 0.15) is 14.9 Å². The number of nitrogen functional groups attached to an aromatic ring is 1. The minimum atomic E-state index is -3.65. The van der Waals surface area contributed by atoms with Crippen molar-refractivity contribution in [1.29, 1.82) is 5.26 Å². The number of nitrogens with two attached hydrogens (primary N) is 1. The number of aromatic nitrogens is 2. The van der Waals surface area contributed by atoms with Crippen LogP contribution >= 0.6 is 11.3 Å². The number of sulfone groups is 1. The molecular formula is C19H12N4O2S2. The van der Waals surface area contributed by atoms with Crippen LogP contribution in [-0.2, 0) is 9.84 Å². The Kier molecular flexibility index (Phi) is 4.11. The first kappa shape index (κ1) is 17.1.